The minimum atomic E-state index is -1.38. The molecule has 12 heavy (non-hydrogen) atoms. The molecule has 0 fully saturated rings. The maximum Gasteiger partial charge on any atom is 0.335 e. The fourth-order valence-electron chi connectivity index (χ4n) is 0.909. The highest BCUT2D eigenvalue weighted by molar-refractivity contribution is 6.44. The Bertz CT molecular complexity index is 97.1. The molecule has 0 saturated carbocycles. The summed E-state index contributed by atoms with van der Waals surface area (Å²) in [4.78, 5) is 2.24. The zero-order valence-electron chi connectivity index (χ0n) is 8.67. The third kappa shape index (κ3) is 5.71. The van der Waals surface area contributed by atoms with Gasteiger partial charge in [-0.15, -0.1) is 0 Å². The molecule has 3 nitrogen and oxygen atoms in total. The Morgan fingerprint density at radius 2 is 1.58 bits per heavy atom. The standard InChI is InChI=1S/C8H21NO2Si/c1-5-9(4)8-12(10-6-2)11-7-3/h12H,5-8H2,1-4H3. The normalized spacial score (nSPS) is 11.5. The molecule has 74 valence electrons. The molecule has 0 aliphatic carbocycles. The summed E-state index contributed by atoms with van der Waals surface area (Å²) in [5.41, 5.74) is 0. The van der Waals surface area contributed by atoms with Gasteiger partial charge in [-0.2, -0.15) is 0 Å². The van der Waals surface area contributed by atoms with Crippen molar-refractivity contribution in [2.75, 3.05) is 33.0 Å². The third-order valence-corrected chi connectivity index (χ3v) is 4.04. The molecule has 0 aromatic carbocycles. The van der Waals surface area contributed by atoms with Crippen molar-refractivity contribution in [2.24, 2.45) is 0 Å². The summed E-state index contributed by atoms with van der Waals surface area (Å²) in [6.45, 7) is 8.78. The maximum atomic E-state index is 5.53. The summed E-state index contributed by atoms with van der Waals surface area (Å²) >= 11 is 0. The Balaban J connectivity index is 3.61. The van der Waals surface area contributed by atoms with E-state index >= 15 is 0 Å². The van der Waals surface area contributed by atoms with Gasteiger partial charge in [0.15, 0.2) is 0 Å². The van der Waals surface area contributed by atoms with E-state index in [1.165, 1.54) is 0 Å². The Morgan fingerprint density at radius 3 is 1.92 bits per heavy atom. The van der Waals surface area contributed by atoms with Crippen molar-refractivity contribution in [1.82, 2.24) is 4.90 Å². The van der Waals surface area contributed by atoms with Gasteiger partial charge in [0, 0.05) is 19.4 Å². The van der Waals surface area contributed by atoms with Crippen LogP contribution in [-0.2, 0) is 8.85 Å². The van der Waals surface area contributed by atoms with Crippen molar-refractivity contribution in [2.45, 2.75) is 20.8 Å². The van der Waals surface area contributed by atoms with Crippen LogP contribution in [0.15, 0.2) is 0 Å². The second-order valence-electron chi connectivity index (χ2n) is 2.70. The Labute approximate surface area is 77.5 Å². The van der Waals surface area contributed by atoms with Crippen LogP contribution in [0.4, 0.5) is 0 Å². The molecule has 0 aromatic heterocycles. The van der Waals surface area contributed by atoms with Crippen molar-refractivity contribution in [3.05, 3.63) is 0 Å². The average Bonchev–Trinajstić information content (AvgIpc) is 2.05. The predicted molar refractivity (Wildman–Crippen MR) is 53.6 cm³/mol. The Morgan fingerprint density at radius 1 is 1.08 bits per heavy atom. The van der Waals surface area contributed by atoms with Gasteiger partial charge in [0.1, 0.15) is 0 Å². The molecule has 4 heteroatoms. The molecule has 0 heterocycles. The van der Waals surface area contributed by atoms with E-state index in [1.807, 2.05) is 13.8 Å². The van der Waals surface area contributed by atoms with Crippen LogP contribution in [0.2, 0.25) is 0 Å². The molecule has 0 amide bonds. The highest BCUT2D eigenvalue weighted by Gasteiger charge is 2.13. The first-order valence-corrected chi connectivity index (χ1v) is 6.42. The molecule has 0 aliphatic heterocycles. The highest BCUT2D eigenvalue weighted by Crippen LogP contribution is 1.93. The average molecular weight is 191 g/mol. The minimum absolute atomic E-state index is 0.772. The van der Waals surface area contributed by atoms with Crippen LogP contribution in [0.5, 0.6) is 0 Å². The topological polar surface area (TPSA) is 21.7 Å². The van der Waals surface area contributed by atoms with E-state index in [2.05, 4.69) is 18.9 Å². The Kier molecular flexibility index (Phi) is 7.79. The van der Waals surface area contributed by atoms with Gasteiger partial charge in [-0.05, 0) is 27.4 Å². The molecule has 0 rings (SSSR count). The smallest absolute Gasteiger partial charge is 0.335 e. The maximum absolute atomic E-state index is 5.53. The van der Waals surface area contributed by atoms with E-state index < -0.39 is 9.28 Å². The first-order chi connectivity index (χ1) is 5.74. The van der Waals surface area contributed by atoms with Gasteiger partial charge in [0.2, 0.25) is 0 Å². The zero-order chi connectivity index (χ0) is 9.40. The van der Waals surface area contributed by atoms with Crippen LogP contribution in [0.25, 0.3) is 0 Å². The van der Waals surface area contributed by atoms with E-state index in [0.29, 0.717) is 0 Å². The molecule has 0 atom stereocenters. The number of rotatable bonds is 7. The van der Waals surface area contributed by atoms with Crippen molar-refractivity contribution in [3.63, 3.8) is 0 Å². The number of hydrogen-bond acceptors (Lipinski definition) is 3. The molecule has 0 aliphatic rings. The van der Waals surface area contributed by atoms with E-state index in [0.717, 1.165) is 25.9 Å². The fraction of sp³-hybridized carbons (Fsp3) is 1.00. The molecule has 0 saturated heterocycles. The summed E-state index contributed by atoms with van der Waals surface area (Å²) in [5, 5.41) is 0. The van der Waals surface area contributed by atoms with Crippen LogP contribution < -0.4 is 0 Å². The van der Waals surface area contributed by atoms with E-state index in [4.69, 9.17) is 8.85 Å². The quantitative estimate of drug-likeness (QED) is 0.555. The van der Waals surface area contributed by atoms with Crippen LogP contribution in [0.3, 0.4) is 0 Å². The van der Waals surface area contributed by atoms with Crippen LogP contribution >= 0.6 is 0 Å². The molecule has 0 N–H and O–H groups in total. The lowest BCUT2D eigenvalue weighted by Crippen LogP contribution is -2.37. The lowest BCUT2D eigenvalue weighted by atomic mass is 10.7. The minimum Gasteiger partial charge on any atom is -0.396 e. The van der Waals surface area contributed by atoms with Gasteiger partial charge in [-0.25, -0.2) is 0 Å². The number of hydrogen-bond donors (Lipinski definition) is 0. The lowest BCUT2D eigenvalue weighted by molar-refractivity contribution is 0.197. The van der Waals surface area contributed by atoms with E-state index in [-0.39, 0.29) is 0 Å². The second kappa shape index (κ2) is 7.73. The molecule has 0 bridgehead atoms. The van der Waals surface area contributed by atoms with E-state index in [1.54, 1.807) is 0 Å². The summed E-state index contributed by atoms with van der Waals surface area (Å²) in [7, 11) is 0.712. The Hall–Kier alpha value is 0.0969. The second-order valence-corrected chi connectivity index (χ2v) is 4.59. The summed E-state index contributed by atoms with van der Waals surface area (Å²) < 4.78 is 11.1. The molecule has 0 spiro atoms. The van der Waals surface area contributed by atoms with Crippen molar-refractivity contribution < 1.29 is 8.85 Å². The summed E-state index contributed by atoms with van der Waals surface area (Å²) in [6.07, 6.45) is 0.984. The number of nitrogens with zero attached hydrogens (tertiary/aromatic N) is 1. The first-order valence-electron chi connectivity index (χ1n) is 4.66. The van der Waals surface area contributed by atoms with Crippen LogP contribution in [-0.4, -0.2) is 47.2 Å². The van der Waals surface area contributed by atoms with Gasteiger partial charge in [-0.3, -0.25) is 0 Å². The zero-order valence-corrected chi connectivity index (χ0v) is 9.82. The fourth-order valence-corrected chi connectivity index (χ4v) is 2.73. The largest absolute Gasteiger partial charge is 0.396 e. The molecular weight excluding hydrogens is 170 g/mol. The van der Waals surface area contributed by atoms with Gasteiger partial charge in [-0.1, -0.05) is 6.92 Å². The predicted octanol–water partition coefficient (Wildman–Crippen LogP) is 0.771. The third-order valence-electron chi connectivity index (χ3n) is 1.71. The molecular formula is C8H21NO2Si. The van der Waals surface area contributed by atoms with Crippen molar-refractivity contribution in [1.29, 1.82) is 0 Å². The van der Waals surface area contributed by atoms with Crippen molar-refractivity contribution in [3.8, 4) is 0 Å². The van der Waals surface area contributed by atoms with Crippen LogP contribution in [0, 0.1) is 0 Å². The highest BCUT2D eigenvalue weighted by atomic mass is 28.3. The van der Waals surface area contributed by atoms with Crippen molar-refractivity contribution >= 4 is 9.28 Å². The monoisotopic (exact) mass is 191 g/mol. The van der Waals surface area contributed by atoms with Gasteiger partial charge >= 0.3 is 9.28 Å². The lowest BCUT2D eigenvalue weighted by Gasteiger charge is -2.20. The molecule has 0 unspecified atom stereocenters. The van der Waals surface area contributed by atoms with Gasteiger partial charge in [0.05, 0.1) is 0 Å². The molecule has 0 aromatic rings. The SMILES string of the molecule is CCO[SiH](CN(C)CC)OCC. The first kappa shape index (κ1) is 12.1. The summed E-state index contributed by atoms with van der Waals surface area (Å²) in [5.74, 6) is 0. The van der Waals surface area contributed by atoms with Crippen LogP contribution in [0.1, 0.15) is 20.8 Å². The van der Waals surface area contributed by atoms with Gasteiger partial charge < -0.3 is 13.8 Å². The summed E-state index contributed by atoms with van der Waals surface area (Å²) in [6, 6.07) is 0. The van der Waals surface area contributed by atoms with E-state index in [9.17, 15) is 0 Å². The van der Waals surface area contributed by atoms with Gasteiger partial charge in [0.25, 0.3) is 0 Å². The molecule has 0 radical (unpaired) electrons.